The molecule has 0 spiro atoms. The number of carbonyl (C=O) groups is 1. The standard InChI is InChI=1S/C17H18N2O3S/c1-11-10-23-17(21)19(11)8-7-16(20)18-12(2)15-9-13-5-3-4-6-14(13)22-15/h3-6,9-10,12H,7-8H2,1-2H3,(H,18,20)/t12-/m1/s1. The van der Waals surface area contributed by atoms with Crippen molar-refractivity contribution in [1.29, 1.82) is 0 Å². The number of aromatic nitrogens is 1. The maximum absolute atomic E-state index is 12.1. The third-order valence-corrected chi connectivity index (χ3v) is 4.67. The lowest BCUT2D eigenvalue weighted by Crippen LogP contribution is -2.28. The third kappa shape index (κ3) is 3.37. The second kappa shape index (κ2) is 6.42. The zero-order chi connectivity index (χ0) is 16.4. The van der Waals surface area contributed by atoms with Gasteiger partial charge in [-0.2, -0.15) is 0 Å². The number of benzene rings is 1. The molecule has 0 bridgehead atoms. The molecule has 0 aliphatic carbocycles. The molecule has 1 aromatic carbocycles. The van der Waals surface area contributed by atoms with E-state index in [0.29, 0.717) is 6.54 Å². The lowest BCUT2D eigenvalue weighted by Gasteiger charge is -2.11. The minimum atomic E-state index is -0.213. The van der Waals surface area contributed by atoms with E-state index in [0.717, 1.165) is 33.8 Å². The highest BCUT2D eigenvalue weighted by Crippen LogP contribution is 2.23. The molecule has 0 fully saturated rings. The molecule has 3 aromatic rings. The second-order valence-electron chi connectivity index (χ2n) is 5.52. The van der Waals surface area contributed by atoms with E-state index < -0.39 is 0 Å². The van der Waals surface area contributed by atoms with Crippen LogP contribution in [-0.2, 0) is 11.3 Å². The molecule has 23 heavy (non-hydrogen) atoms. The largest absolute Gasteiger partial charge is 0.459 e. The molecule has 1 amide bonds. The molecule has 0 radical (unpaired) electrons. The van der Waals surface area contributed by atoms with Gasteiger partial charge in [0.15, 0.2) is 0 Å². The van der Waals surface area contributed by atoms with Crippen LogP contribution in [0.3, 0.4) is 0 Å². The van der Waals surface area contributed by atoms with Crippen LogP contribution in [0.2, 0.25) is 0 Å². The number of rotatable bonds is 5. The summed E-state index contributed by atoms with van der Waals surface area (Å²) in [5.74, 6) is 0.624. The number of aryl methyl sites for hydroxylation is 1. The number of hydrogen-bond donors (Lipinski definition) is 1. The zero-order valence-corrected chi connectivity index (χ0v) is 13.9. The molecule has 0 saturated carbocycles. The van der Waals surface area contributed by atoms with Gasteiger partial charge in [-0.3, -0.25) is 9.59 Å². The van der Waals surface area contributed by atoms with Gasteiger partial charge in [-0.1, -0.05) is 29.5 Å². The lowest BCUT2D eigenvalue weighted by atomic mass is 10.2. The number of nitrogens with one attached hydrogen (secondary N) is 1. The van der Waals surface area contributed by atoms with Crippen molar-refractivity contribution in [3.05, 3.63) is 56.8 Å². The van der Waals surface area contributed by atoms with Gasteiger partial charge in [0.05, 0.1) is 6.04 Å². The summed E-state index contributed by atoms with van der Waals surface area (Å²) in [5.41, 5.74) is 1.70. The minimum absolute atomic E-state index is 0.0272. The number of amides is 1. The molecule has 5 nitrogen and oxygen atoms in total. The summed E-state index contributed by atoms with van der Waals surface area (Å²) in [5, 5.41) is 5.73. The fraction of sp³-hybridized carbons (Fsp3) is 0.294. The van der Waals surface area contributed by atoms with Crippen molar-refractivity contribution in [2.24, 2.45) is 0 Å². The van der Waals surface area contributed by atoms with Crippen molar-refractivity contribution in [1.82, 2.24) is 9.88 Å². The van der Waals surface area contributed by atoms with E-state index in [1.807, 2.05) is 44.2 Å². The van der Waals surface area contributed by atoms with Crippen molar-refractivity contribution in [3.8, 4) is 0 Å². The minimum Gasteiger partial charge on any atom is -0.459 e. The van der Waals surface area contributed by atoms with Crippen molar-refractivity contribution in [3.63, 3.8) is 0 Å². The van der Waals surface area contributed by atoms with Gasteiger partial charge < -0.3 is 14.3 Å². The van der Waals surface area contributed by atoms with Crippen LogP contribution in [0.4, 0.5) is 0 Å². The summed E-state index contributed by atoms with van der Waals surface area (Å²) in [7, 11) is 0. The summed E-state index contributed by atoms with van der Waals surface area (Å²) in [6, 6.07) is 9.47. The first-order valence-electron chi connectivity index (χ1n) is 7.47. The average Bonchev–Trinajstić information content (AvgIpc) is 3.09. The van der Waals surface area contributed by atoms with Crippen molar-refractivity contribution >= 4 is 28.2 Å². The predicted octanol–water partition coefficient (Wildman–Crippen LogP) is 3.23. The van der Waals surface area contributed by atoms with Crippen LogP contribution in [0.25, 0.3) is 11.0 Å². The Bertz CT molecular complexity index is 858. The van der Waals surface area contributed by atoms with E-state index in [1.165, 1.54) is 0 Å². The predicted molar refractivity (Wildman–Crippen MR) is 90.7 cm³/mol. The van der Waals surface area contributed by atoms with Crippen molar-refractivity contribution in [2.45, 2.75) is 32.9 Å². The molecule has 6 heteroatoms. The number of para-hydroxylation sites is 1. The molecular weight excluding hydrogens is 312 g/mol. The maximum atomic E-state index is 12.1. The first-order chi connectivity index (χ1) is 11.0. The Labute approximate surface area is 137 Å². The normalized spacial score (nSPS) is 12.4. The van der Waals surface area contributed by atoms with Crippen LogP contribution < -0.4 is 10.2 Å². The first-order valence-corrected chi connectivity index (χ1v) is 8.35. The quantitative estimate of drug-likeness (QED) is 0.781. The number of thiazole rings is 1. The number of nitrogens with zero attached hydrogens (tertiary/aromatic N) is 1. The highest BCUT2D eigenvalue weighted by atomic mass is 32.1. The Kier molecular flexibility index (Phi) is 4.34. The topological polar surface area (TPSA) is 64.2 Å². The number of hydrogen-bond acceptors (Lipinski definition) is 4. The van der Waals surface area contributed by atoms with Crippen molar-refractivity contribution in [2.75, 3.05) is 0 Å². The smallest absolute Gasteiger partial charge is 0.307 e. The van der Waals surface area contributed by atoms with E-state index in [2.05, 4.69) is 5.32 Å². The highest BCUT2D eigenvalue weighted by Gasteiger charge is 2.14. The number of carbonyl (C=O) groups excluding carboxylic acids is 1. The van der Waals surface area contributed by atoms with Gasteiger partial charge in [-0.15, -0.1) is 0 Å². The molecule has 1 atom stereocenters. The molecular formula is C17H18N2O3S. The molecule has 2 aromatic heterocycles. The highest BCUT2D eigenvalue weighted by molar-refractivity contribution is 7.07. The van der Waals surface area contributed by atoms with E-state index in [4.69, 9.17) is 4.42 Å². The molecule has 0 unspecified atom stereocenters. The average molecular weight is 330 g/mol. The van der Waals surface area contributed by atoms with Crippen LogP contribution >= 0.6 is 11.3 Å². The number of furan rings is 1. The SMILES string of the molecule is Cc1csc(=O)n1CCC(=O)N[C@H](C)c1cc2ccccc2o1. The Morgan fingerprint density at radius 1 is 1.39 bits per heavy atom. The Morgan fingerprint density at radius 2 is 2.17 bits per heavy atom. The fourth-order valence-corrected chi connectivity index (χ4v) is 3.25. The van der Waals surface area contributed by atoms with E-state index in [9.17, 15) is 9.59 Å². The summed E-state index contributed by atoms with van der Waals surface area (Å²) >= 11 is 1.16. The van der Waals surface area contributed by atoms with Crippen LogP contribution in [0.15, 0.2) is 44.9 Å². The van der Waals surface area contributed by atoms with Crippen molar-refractivity contribution < 1.29 is 9.21 Å². The molecule has 0 saturated heterocycles. The van der Waals surface area contributed by atoms with Gasteiger partial charge in [0.25, 0.3) is 0 Å². The maximum Gasteiger partial charge on any atom is 0.307 e. The van der Waals surface area contributed by atoms with Gasteiger partial charge in [-0.05, 0) is 26.0 Å². The molecule has 3 rings (SSSR count). The van der Waals surface area contributed by atoms with E-state index in [-0.39, 0.29) is 23.2 Å². The fourth-order valence-electron chi connectivity index (χ4n) is 2.49. The first kappa shape index (κ1) is 15.6. The van der Waals surface area contributed by atoms with Gasteiger partial charge in [0.2, 0.25) is 5.91 Å². The Morgan fingerprint density at radius 3 is 2.87 bits per heavy atom. The van der Waals surface area contributed by atoms with Gasteiger partial charge in [0, 0.05) is 29.4 Å². The summed E-state index contributed by atoms with van der Waals surface area (Å²) < 4.78 is 7.37. The van der Waals surface area contributed by atoms with Crippen LogP contribution in [-0.4, -0.2) is 10.5 Å². The zero-order valence-electron chi connectivity index (χ0n) is 13.0. The summed E-state index contributed by atoms with van der Waals surface area (Å²) in [6.45, 7) is 4.15. The van der Waals surface area contributed by atoms with Crippen LogP contribution in [0.5, 0.6) is 0 Å². The van der Waals surface area contributed by atoms with Gasteiger partial charge in [-0.25, -0.2) is 0 Å². The van der Waals surface area contributed by atoms with E-state index in [1.54, 1.807) is 9.95 Å². The molecule has 0 aliphatic rings. The number of fused-ring (bicyclic) bond motifs is 1. The molecule has 120 valence electrons. The van der Waals surface area contributed by atoms with Crippen LogP contribution in [0.1, 0.15) is 30.8 Å². The molecule has 2 heterocycles. The van der Waals surface area contributed by atoms with Crippen LogP contribution in [0, 0.1) is 6.92 Å². The Hall–Kier alpha value is -2.34. The molecule has 0 aliphatic heterocycles. The van der Waals surface area contributed by atoms with E-state index >= 15 is 0 Å². The molecule has 1 N–H and O–H groups in total. The van der Waals surface area contributed by atoms with Gasteiger partial charge in [0.1, 0.15) is 11.3 Å². The monoisotopic (exact) mass is 330 g/mol. The lowest BCUT2D eigenvalue weighted by molar-refractivity contribution is -0.122. The summed E-state index contributed by atoms with van der Waals surface area (Å²) in [4.78, 5) is 23.7. The summed E-state index contributed by atoms with van der Waals surface area (Å²) in [6.07, 6.45) is 0.266. The Balaban J connectivity index is 1.62. The van der Waals surface area contributed by atoms with Gasteiger partial charge >= 0.3 is 4.87 Å². The third-order valence-electron chi connectivity index (χ3n) is 3.79. The second-order valence-corrected chi connectivity index (χ2v) is 6.34.